The van der Waals surface area contributed by atoms with Crippen LogP contribution < -0.4 is 0 Å². The number of esters is 1. The first-order valence-electron chi connectivity index (χ1n) is 15.7. The number of carbonyl (C=O) groups excluding carboxylic acids is 2. The Bertz CT molecular complexity index is 1380. The lowest BCUT2D eigenvalue weighted by Gasteiger charge is -2.56. The average Bonchev–Trinajstić information content (AvgIpc) is 3.27. The third-order valence-corrected chi connectivity index (χ3v) is 11.7. The number of fused-ring (bicyclic) bond motifs is 4. The third-order valence-electron chi connectivity index (χ3n) is 11.7. The van der Waals surface area contributed by atoms with Gasteiger partial charge in [-0.2, -0.15) is 22.0 Å². The Kier molecular flexibility index (Phi) is 7.88. The molecule has 6 rings (SSSR count). The Balaban J connectivity index is 1.34. The van der Waals surface area contributed by atoms with E-state index in [-0.39, 0.29) is 36.4 Å². The van der Waals surface area contributed by atoms with Crippen molar-refractivity contribution in [1.82, 2.24) is 4.90 Å². The van der Waals surface area contributed by atoms with Crippen molar-refractivity contribution in [2.75, 3.05) is 20.2 Å². The number of allylic oxidation sites excluding steroid dienone is 4. The molecule has 0 spiro atoms. The van der Waals surface area contributed by atoms with Gasteiger partial charge in [0.05, 0.1) is 13.0 Å². The number of piperidine rings is 1. The second kappa shape index (κ2) is 11.0. The second-order valence-electron chi connectivity index (χ2n) is 13.8. The summed E-state index contributed by atoms with van der Waals surface area (Å²) in [5.74, 6) is -6.69. The first-order chi connectivity index (χ1) is 20.7. The first kappa shape index (κ1) is 31.4. The van der Waals surface area contributed by atoms with Gasteiger partial charge in [-0.25, -0.2) is 0 Å². The molecule has 1 saturated heterocycles. The van der Waals surface area contributed by atoms with Gasteiger partial charge in [0.1, 0.15) is 5.60 Å². The molecule has 1 aromatic carbocycles. The summed E-state index contributed by atoms with van der Waals surface area (Å²) in [6, 6.07) is 7.84. The SMILES string of the molecule is COC(=O)C1CCN(Cc2ccc([C@H]3CC4(C)C(CC[C@@]4(O)C(F)(F)C(F)(F)F)C4CCC5=CC(=O)CCC5=C43)cc2)CC1. The molecular formula is C34H40F5NO4. The first-order valence-corrected chi connectivity index (χ1v) is 15.7. The molecule has 44 heavy (non-hydrogen) atoms. The summed E-state index contributed by atoms with van der Waals surface area (Å²) in [5.41, 5.74) is 0.0625. The van der Waals surface area contributed by atoms with E-state index in [4.69, 9.17) is 4.74 Å². The molecule has 1 N–H and O–H groups in total. The minimum atomic E-state index is -5.87. The lowest BCUT2D eigenvalue weighted by Crippen LogP contribution is -2.65. The molecule has 0 amide bonds. The monoisotopic (exact) mass is 621 g/mol. The maximum absolute atomic E-state index is 15.2. The Hall–Kier alpha value is -2.59. The number of halogens is 5. The minimum absolute atomic E-state index is 0.0310. The highest BCUT2D eigenvalue weighted by Gasteiger charge is 2.79. The zero-order valence-electron chi connectivity index (χ0n) is 25.2. The molecule has 10 heteroatoms. The number of aliphatic hydroxyl groups is 1. The van der Waals surface area contributed by atoms with Crippen LogP contribution in [0.4, 0.5) is 22.0 Å². The molecule has 240 valence electrons. The fourth-order valence-corrected chi connectivity index (χ4v) is 9.32. The predicted molar refractivity (Wildman–Crippen MR) is 153 cm³/mol. The Labute approximate surface area is 254 Å². The van der Waals surface area contributed by atoms with Gasteiger partial charge in [0, 0.05) is 24.3 Å². The van der Waals surface area contributed by atoms with Crippen LogP contribution in [0, 0.1) is 23.2 Å². The molecule has 3 unspecified atom stereocenters. The van der Waals surface area contributed by atoms with Crippen molar-refractivity contribution < 1.29 is 41.4 Å². The molecule has 0 radical (unpaired) electrons. The highest BCUT2D eigenvalue weighted by atomic mass is 19.4. The van der Waals surface area contributed by atoms with Crippen LogP contribution in [0.3, 0.4) is 0 Å². The van der Waals surface area contributed by atoms with Crippen LogP contribution in [0.15, 0.2) is 47.1 Å². The molecule has 1 heterocycles. The van der Waals surface area contributed by atoms with E-state index < -0.39 is 41.4 Å². The molecule has 0 bridgehead atoms. The number of rotatable bonds is 5. The Morgan fingerprint density at radius 3 is 2.34 bits per heavy atom. The zero-order valence-corrected chi connectivity index (χ0v) is 25.2. The number of benzene rings is 1. The van der Waals surface area contributed by atoms with Crippen molar-refractivity contribution >= 4 is 11.8 Å². The predicted octanol–water partition coefficient (Wildman–Crippen LogP) is 6.90. The maximum atomic E-state index is 15.2. The summed E-state index contributed by atoms with van der Waals surface area (Å²) in [4.78, 5) is 26.4. The van der Waals surface area contributed by atoms with Crippen molar-refractivity contribution in [2.45, 2.75) is 94.9 Å². The number of hydrogen-bond acceptors (Lipinski definition) is 5. The van der Waals surface area contributed by atoms with E-state index in [0.717, 1.165) is 40.9 Å². The second-order valence-corrected chi connectivity index (χ2v) is 13.8. The summed E-state index contributed by atoms with van der Waals surface area (Å²) in [5, 5.41) is 11.4. The fourth-order valence-electron chi connectivity index (χ4n) is 9.32. The van der Waals surface area contributed by atoms with Gasteiger partial charge >= 0.3 is 18.1 Å². The Morgan fingerprint density at radius 2 is 1.70 bits per heavy atom. The standard InChI is InChI=1S/C34H40F5NO4/c1-31-18-27(21-5-3-20(4-6-21)19-40-15-12-22(13-16-40)30(42)44-2)29-25-10-8-24(41)17-23(25)7-9-26(29)28(31)11-14-32(31,43)33(35,36)34(37,38)39/h3-6,17,22,26-28,43H,7-16,18-19H2,1-2H3/t26?,27-,28?,31?,32+/m1/s1. The summed E-state index contributed by atoms with van der Waals surface area (Å²) < 4.78 is 76.7. The van der Waals surface area contributed by atoms with E-state index in [9.17, 15) is 27.9 Å². The smallest absolute Gasteiger partial charge is 0.456 e. The molecule has 1 aliphatic heterocycles. The summed E-state index contributed by atoms with van der Waals surface area (Å²) >= 11 is 0. The van der Waals surface area contributed by atoms with Crippen LogP contribution in [0.2, 0.25) is 0 Å². The van der Waals surface area contributed by atoms with E-state index in [1.54, 1.807) is 6.08 Å². The van der Waals surface area contributed by atoms with Crippen LogP contribution in [0.5, 0.6) is 0 Å². The van der Waals surface area contributed by atoms with Gasteiger partial charge in [-0.1, -0.05) is 36.8 Å². The summed E-state index contributed by atoms with van der Waals surface area (Å²) in [6.45, 7) is 3.62. The van der Waals surface area contributed by atoms with Crippen LogP contribution in [-0.4, -0.2) is 59.7 Å². The van der Waals surface area contributed by atoms with Gasteiger partial charge in [0.15, 0.2) is 5.78 Å². The van der Waals surface area contributed by atoms with E-state index in [1.165, 1.54) is 14.0 Å². The van der Waals surface area contributed by atoms with Crippen LogP contribution in [-0.2, 0) is 20.9 Å². The number of nitrogens with zero attached hydrogens (tertiary/aromatic N) is 1. The zero-order chi connectivity index (χ0) is 31.7. The number of ether oxygens (including phenoxy) is 1. The average molecular weight is 622 g/mol. The van der Waals surface area contributed by atoms with E-state index in [1.807, 2.05) is 24.3 Å². The normalized spacial score (nSPS) is 33.4. The van der Waals surface area contributed by atoms with Gasteiger partial charge in [0.2, 0.25) is 0 Å². The molecule has 5 atom stereocenters. The highest BCUT2D eigenvalue weighted by Crippen LogP contribution is 2.70. The van der Waals surface area contributed by atoms with Crippen molar-refractivity contribution in [2.24, 2.45) is 23.2 Å². The van der Waals surface area contributed by atoms with Crippen molar-refractivity contribution in [3.63, 3.8) is 0 Å². The minimum Gasteiger partial charge on any atom is -0.469 e. The van der Waals surface area contributed by atoms with Crippen LogP contribution >= 0.6 is 0 Å². The van der Waals surface area contributed by atoms with Gasteiger partial charge in [-0.05, 0) is 105 Å². The topological polar surface area (TPSA) is 66.8 Å². The number of hydrogen-bond donors (Lipinski definition) is 1. The number of ketones is 1. The molecule has 1 aromatic rings. The van der Waals surface area contributed by atoms with Crippen LogP contribution in [0.25, 0.3) is 0 Å². The molecule has 5 aliphatic rings. The van der Waals surface area contributed by atoms with E-state index >= 15 is 8.78 Å². The maximum Gasteiger partial charge on any atom is 0.456 e. The van der Waals surface area contributed by atoms with Gasteiger partial charge < -0.3 is 9.84 Å². The fraction of sp³-hybridized carbons (Fsp3) is 0.647. The number of carbonyl (C=O) groups is 2. The number of likely N-dealkylation sites (tertiary alicyclic amines) is 1. The molecular weight excluding hydrogens is 581 g/mol. The van der Waals surface area contributed by atoms with Crippen LogP contribution in [0.1, 0.15) is 81.8 Å². The number of methoxy groups -OCH3 is 1. The number of alkyl halides is 5. The lowest BCUT2D eigenvalue weighted by molar-refractivity contribution is -0.362. The molecule has 5 nitrogen and oxygen atoms in total. The van der Waals surface area contributed by atoms with Crippen molar-refractivity contribution in [3.05, 3.63) is 58.2 Å². The quantitative estimate of drug-likeness (QED) is 0.286. The molecule has 3 fully saturated rings. The van der Waals surface area contributed by atoms with Crippen molar-refractivity contribution in [3.8, 4) is 0 Å². The van der Waals surface area contributed by atoms with E-state index in [0.29, 0.717) is 45.1 Å². The van der Waals surface area contributed by atoms with Gasteiger partial charge in [-0.3, -0.25) is 14.5 Å². The van der Waals surface area contributed by atoms with Crippen molar-refractivity contribution in [1.29, 1.82) is 0 Å². The third kappa shape index (κ3) is 4.86. The molecule has 4 aliphatic carbocycles. The lowest BCUT2D eigenvalue weighted by atomic mass is 9.50. The highest BCUT2D eigenvalue weighted by molar-refractivity contribution is 5.93. The molecule has 2 saturated carbocycles. The Morgan fingerprint density at radius 1 is 1.02 bits per heavy atom. The van der Waals surface area contributed by atoms with Gasteiger partial charge in [0.25, 0.3) is 0 Å². The largest absolute Gasteiger partial charge is 0.469 e. The molecule has 0 aromatic heterocycles. The summed E-state index contributed by atoms with van der Waals surface area (Å²) in [6.07, 6.45) is -1.27. The van der Waals surface area contributed by atoms with E-state index in [2.05, 4.69) is 4.90 Å². The summed E-state index contributed by atoms with van der Waals surface area (Å²) in [7, 11) is 1.40. The van der Waals surface area contributed by atoms with Gasteiger partial charge in [-0.15, -0.1) is 0 Å².